The molecule has 1 unspecified atom stereocenters. The molecule has 2 aliphatic heterocycles. The Morgan fingerprint density at radius 1 is 1.08 bits per heavy atom. The lowest BCUT2D eigenvalue weighted by Gasteiger charge is -2.32. The van der Waals surface area contributed by atoms with Gasteiger partial charge in [0.05, 0.1) is 6.26 Å². The molecule has 2 aliphatic rings. The minimum Gasteiger partial charge on any atom is -0.342 e. The van der Waals surface area contributed by atoms with Crippen molar-refractivity contribution in [3.8, 4) is 0 Å². The van der Waals surface area contributed by atoms with Gasteiger partial charge in [0, 0.05) is 43.1 Å². The summed E-state index contributed by atoms with van der Waals surface area (Å²) < 4.78 is 24.8. The van der Waals surface area contributed by atoms with Gasteiger partial charge in [-0.05, 0) is 37.3 Å². The van der Waals surface area contributed by atoms with E-state index in [1.54, 1.807) is 0 Å². The van der Waals surface area contributed by atoms with Crippen molar-refractivity contribution in [2.75, 3.05) is 38.2 Å². The number of benzene rings is 1. The van der Waals surface area contributed by atoms with Crippen LogP contribution in [0.25, 0.3) is 0 Å². The van der Waals surface area contributed by atoms with Crippen LogP contribution in [-0.4, -0.2) is 61.7 Å². The molecule has 0 spiro atoms. The maximum atomic E-state index is 12.9. The number of hydrogen-bond donors (Lipinski definition) is 0. The first-order valence-corrected chi connectivity index (χ1v) is 12.2. The number of nitrogens with zero attached hydrogens (tertiary/aromatic N) is 2. The number of amides is 1. The van der Waals surface area contributed by atoms with Crippen molar-refractivity contribution in [1.29, 1.82) is 0 Å². The lowest BCUT2D eigenvalue weighted by Crippen LogP contribution is -2.44. The quantitative estimate of drug-likeness (QED) is 0.788. The van der Waals surface area contributed by atoms with Gasteiger partial charge in [0.1, 0.15) is 0 Å². The number of hydrogen-bond acceptors (Lipinski definition) is 4. The molecule has 144 valence electrons. The summed E-state index contributed by atoms with van der Waals surface area (Å²) in [5, 5.41) is 0.445. The number of aryl methyl sites for hydroxylation is 1. The average molecular weight is 397 g/mol. The number of sulfonamides is 1. The number of piperidine rings is 1. The lowest BCUT2D eigenvalue weighted by atomic mass is 9.96. The molecule has 2 heterocycles. The molecule has 0 aromatic heterocycles. The summed E-state index contributed by atoms with van der Waals surface area (Å²) in [6, 6.07) is 8.51. The van der Waals surface area contributed by atoms with E-state index in [1.807, 2.05) is 16.7 Å². The molecule has 1 amide bonds. The second kappa shape index (κ2) is 8.31. The summed E-state index contributed by atoms with van der Waals surface area (Å²) >= 11 is 1.94. The Labute approximate surface area is 161 Å². The Morgan fingerprint density at radius 2 is 1.77 bits per heavy atom. The molecule has 0 saturated carbocycles. The first-order chi connectivity index (χ1) is 12.4. The Kier molecular flexibility index (Phi) is 6.30. The van der Waals surface area contributed by atoms with Crippen molar-refractivity contribution >= 4 is 27.7 Å². The van der Waals surface area contributed by atoms with Crippen LogP contribution in [0.5, 0.6) is 0 Å². The molecule has 26 heavy (non-hydrogen) atoms. The third-order valence-corrected chi connectivity index (χ3v) is 8.07. The zero-order valence-corrected chi connectivity index (χ0v) is 17.2. The van der Waals surface area contributed by atoms with Gasteiger partial charge in [0.25, 0.3) is 0 Å². The van der Waals surface area contributed by atoms with E-state index in [0.717, 1.165) is 25.3 Å². The molecule has 0 radical (unpaired) electrons. The fourth-order valence-electron chi connectivity index (χ4n) is 3.88. The second-order valence-corrected chi connectivity index (χ2v) is 10.6. The fourth-order valence-corrected chi connectivity index (χ4v) is 6.08. The summed E-state index contributed by atoms with van der Waals surface area (Å²) in [5.74, 6) is 1.13. The monoisotopic (exact) mass is 396 g/mol. The molecule has 5 nitrogen and oxygen atoms in total. The number of thioether (sulfide) groups is 1. The second-order valence-electron chi connectivity index (χ2n) is 7.27. The van der Waals surface area contributed by atoms with Gasteiger partial charge in [0.15, 0.2) is 0 Å². The fraction of sp³-hybridized carbons (Fsp3) is 0.632. The minimum atomic E-state index is -3.14. The standard InChI is InChI=1S/C19H28N2O3S2/c1-15-5-3-4-6-17(15)18-9-10-20(13-14-25-18)19(22)16-7-11-21(12-8-16)26(2,23)24/h3-6,16,18H,7-14H2,1-2H3. The molecule has 0 aliphatic carbocycles. The first-order valence-electron chi connectivity index (χ1n) is 9.27. The van der Waals surface area contributed by atoms with Crippen molar-refractivity contribution in [3.05, 3.63) is 35.4 Å². The average Bonchev–Trinajstić information content (AvgIpc) is 2.87. The van der Waals surface area contributed by atoms with E-state index in [4.69, 9.17) is 0 Å². The van der Waals surface area contributed by atoms with Gasteiger partial charge in [-0.25, -0.2) is 12.7 Å². The predicted molar refractivity (Wildman–Crippen MR) is 107 cm³/mol. The van der Waals surface area contributed by atoms with Crippen LogP contribution < -0.4 is 0 Å². The molecule has 3 rings (SSSR count). The van der Waals surface area contributed by atoms with Crippen molar-refractivity contribution in [3.63, 3.8) is 0 Å². The summed E-state index contributed by atoms with van der Waals surface area (Å²) in [4.78, 5) is 14.9. The highest BCUT2D eigenvalue weighted by Gasteiger charge is 2.32. The van der Waals surface area contributed by atoms with E-state index < -0.39 is 10.0 Å². The van der Waals surface area contributed by atoms with E-state index in [1.165, 1.54) is 21.7 Å². The first kappa shape index (κ1) is 19.7. The van der Waals surface area contributed by atoms with Crippen molar-refractivity contribution < 1.29 is 13.2 Å². The molecular formula is C19H28N2O3S2. The highest BCUT2D eigenvalue weighted by molar-refractivity contribution is 7.99. The maximum absolute atomic E-state index is 12.9. The summed E-state index contributed by atoms with van der Waals surface area (Å²) in [5.41, 5.74) is 2.70. The van der Waals surface area contributed by atoms with Crippen LogP contribution in [-0.2, 0) is 14.8 Å². The SMILES string of the molecule is Cc1ccccc1C1CCN(C(=O)C2CCN(S(C)(=O)=O)CC2)CCS1. The van der Waals surface area contributed by atoms with Crippen molar-refractivity contribution in [2.24, 2.45) is 5.92 Å². The zero-order chi connectivity index (χ0) is 18.7. The molecule has 1 atom stereocenters. The van der Waals surface area contributed by atoms with Gasteiger partial charge in [0.2, 0.25) is 15.9 Å². The third kappa shape index (κ3) is 4.61. The van der Waals surface area contributed by atoms with Crippen LogP contribution in [0.4, 0.5) is 0 Å². The van der Waals surface area contributed by atoms with Gasteiger partial charge in [-0.15, -0.1) is 0 Å². The van der Waals surface area contributed by atoms with E-state index in [-0.39, 0.29) is 11.8 Å². The molecule has 1 aromatic rings. The van der Waals surface area contributed by atoms with E-state index >= 15 is 0 Å². The number of rotatable bonds is 3. The van der Waals surface area contributed by atoms with E-state index in [0.29, 0.717) is 31.2 Å². The van der Waals surface area contributed by atoms with Gasteiger partial charge >= 0.3 is 0 Å². The third-order valence-electron chi connectivity index (χ3n) is 5.46. The number of carbonyl (C=O) groups is 1. The normalized spacial score (nSPS) is 23.6. The Hall–Kier alpha value is -1.05. The Morgan fingerprint density at radius 3 is 2.42 bits per heavy atom. The number of carbonyl (C=O) groups excluding carboxylic acids is 1. The minimum absolute atomic E-state index is 0.0342. The molecular weight excluding hydrogens is 368 g/mol. The van der Waals surface area contributed by atoms with Gasteiger partial charge in [-0.1, -0.05) is 24.3 Å². The van der Waals surface area contributed by atoms with Gasteiger partial charge < -0.3 is 4.90 Å². The van der Waals surface area contributed by atoms with Crippen LogP contribution in [0.3, 0.4) is 0 Å². The molecule has 1 aromatic carbocycles. The van der Waals surface area contributed by atoms with Crippen molar-refractivity contribution in [1.82, 2.24) is 9.21 Å². The smallest absolute Gasteiger partial charge is 0.225 e. The van der Waals surface area contributed by atoms with Crippen LogP contribution in [0.15, 0.2) is 24.3 Å². The molecule has 0 N–H and O–H groups in total. The molecule has 2 fully saturated rings. The molecule has 7 heteroatoms. The van der Waals surface area contributed by atoms with Crippen LogP contribution >= 0.6 is 11.8 Å². The predicted octanol–water partition coefficient (Wildman–Crippen LogP) is 2.67. The Bertz CT molecular complexity index is 743. The highest BCUT2D eigenvalue weighted by atomic mass is 32.2. The summed E-state index contributed by atoms with van der Waals surface area (Å²) in [6.45, 7) is 4.65. The van der Waals surface area contributed by atoms with Crippen LogP contribution in [0.1, 0.15) is 35.6 Å². The topological polar surface area (TPSA) is 57.7 Å². The lowest BCUT2D eigenvalue weighted by molar-refractivity contribution is -0.136. The van der Waals surface area contributed by atoms with Crippen LogP contribution in [0, 0.1) is 12.8 Å². The van der Waals surface area contributed by atoms with Gasteiger partial charge in [-0.3, -0.25) is 4.79 Å². The maximum Gasteiger partial charge on any atom is 0.225 e. The Balaban J connectivity index is 1.58. The largest absolute Gasteiger partial charge is 0.342 e. The van der Waals surface area contributed by atoms with E-state index in [2.05, 4.69) is 31.2 Å². The summed E-state index contributed by atoms with van der Waals surface area (Å²) in [6.07, 6.45) is 3.49. The molecule has 2 saturated heterocycles. The zero-order valence-electron chi connectivity index (χ0n) is 15.6. The molecule has 0 bridgehead atoms. The van der Waals surface area contributed by atoms with Crippen molar-refractivity contribution in [2.45, 2.75) is 31.4 Å². The summed E-state index contributed by atoms with van der Waals surface area (Å²) in [7, 11) is -3.14. The highest BCUT2D eigenvalue weighted by Crippen LogP contribution is 2.36. The van der Waals surface area contributed by atoms with E-state index in [9.17, 15) is 13.2 Å². The van der Waals surface area contributed by atoms with Crippen LogP contribution in [0.2, 0.25) is 0 Å². The van der Waals surface area contributed by atoms with Gasteiger partial charge in [-0.2, -0.15) is 11.8 Å².